The Morgan fingerprint density at radius 1 is 0.875 bits per heavy atom. The summed E-state index contributed by atoms with van der Waals surface area (Å²) in [6.07, 6.45) is 0. The molecule has 0 atom stereocenters. The fourth-order valence-electron chi connectivity index (χ4n) is 3.40. The molecule has 0 fully saturated rings. The number of rotatable bonds is 6. The molecule has 0 aliphatic heterocycles. The average Bonchev–Trinajstić information content (AvgIpc) is 2.82. The van der Waals surface area contributed by atoms with E-state index in [-0.39, 0.29) is 22.8 Å². The van der Waals surface area contributed by atoms with Gasteiger partial charge in [0.15, 0.2) is 0 Å². The van der Waals surface area contributed by atoms with Gasteiger partial charge >= 0.3 is 10.8 Å². The number of hydrogen-bond donors (Lipinski definition) is 0. The van der Waals surface area contributed by atoms with E-state index in [2.05, 4.69) is 0 Å². The van der Waals surface area contributed by atoms with Crippen molar-refractivity contribution in [1.29, 1.82) is 0 Å². The van der Waals surface area contributed by atoms with E-state index in [1.165, 1.54) is 7.11 Å². The molecule has 1 heterocycles. The molecule has 0 radical (unpaired) electrons. The second kappa shape index (κ2) is 8.95. The lowest BCUT2D eigenvalue weighted by Gasteiger charge is -2.16. The average molecular weight is 449 g/mol. The van der Waals surface area contributed by atoms with Gasteiger partial charge in [0.1, 0.15) is 17.1 Å². The van der Waals surface area contributed by atoms with Crippen LogP contribution >= 0.6 is 11.6 Å². The Bertz CT molecular complexity index is 1280. The first-order valence-electron chi connectivity index (χ1n) is 9.57. The van der Waals surface area contributed by atoms with E-state index < -0.39 is 15.8 Å². The molecule has 160 valence electrons. The number of nitrogens with zero attached hydrogens (tertiary/aromatic N) is 2. The first kappa shape index (κ1) is 21.1. The summed E-state index contributed by atoms with van der Waals surface area (Å²) < 4.78 is 11.4. The maximum Gasteiger partial charge on any atom is 0.337 e. The van der Waals surface area contributed by atoms with E-state index in [9.17, 15) is 15.3 Å². The van der Waals surface area contributed by atoms with E-state index in [4.69, 9.17) is 21.1 Å². The normalized spacial score (nSPS) is 10.6. The van der Waals surface area contributed by atoms with Crippen molar-refractivity contribution in [3.63, 3.8) is 0 Å². The Morgan fingerprint density at radius 3 is 2.06 bits per heavy atom. The number of aromatic nitrogens is 1. The predicted molar refractivity (Wildman–Crippen MR) is 121 cm³/mol. The van der Waals surface area contributed by atoms with Gasteiger partial charge in [-0.15, -0.1) is 4.73 Å². The van der Waals surface area contributed by atoms with Crippen LogP contribution in [0.1, 0.15) is 0 Å². The van der Waals surface area contributed by atoms with E-state index >= 15 is 0 Å². The molecule has 4 rings (SSSR count). The van der Waals surface area contributed by atoms with Crippen LogP contribution < -0.4 is 14.2 Å². The van der Waals surface area contributed by atoms with Crippen molar-refractivity contribution in [2.75, 3.05) is 7.11 Å². The summed E-state index contributed by atoms with van der Waals surface area (Å²) in [7, 11) is 1.49. The Kier molecular flexibility index (Phi) is 5.91. The van der Waals surface area contributed by atoms with E-state index in [0.717, 1.165) is 0 Å². The smallest absolute Gasteiger partial charge is 0.337 e. The fraction of sp³-hybridized carbons (Fsp3) is 0.0417. The van der Waals surface area contributed by atoms with Crippen LogP contribution in [-0.4, -0.2) is 12.0 Å². The van der Waals surface area contributed by atoms with Gasteiger partial charge < -0.3 is 14.7 Å². The molecule has 3 aromatic carbocycles. The highest BCUT2D eigenvalue weighted by Gasteiger charge is 2.38. The van der Waals surface area contributed by atoms with Gasteiger partial charge in [0.2, 0.25) is 5.69 Å². The van der Waals surface area contributed by atoms with Crippen molar-refractivity contribution in [2.45, 2.75) is 0 Å². The molecule has 32 heavy (non-hydrogen) atoms. The largest absolute Gasteiger partial charge is 0.617 e. The van der Waals surface area contributed by atoms with Gasteiger partial charge in [-0.3, -0.25) is 10.1 Å². The molecule has 0 unspecified atom stereocenters. The minimum atomic E-state index is -0.587. The predicted octanol–water partition coefficient (Wildman–Crippen LogP) is 6.02. The maximum absolute atomic E-state index is 13.3. The van der Waals surface area contributed by atoms with Crippen LogP contribution in [0.15, 0.2) is 84.9 Å². The number of methoxy groups -OCH3 is 1. The first-order chi connectivity index (χ1) is 15.5. The highest BCUT2D eigenvalue weighted by Crippen LogP contribution is 2.47. The number of nitro groups is 1. The Hall–Kier alpha value is -4.10. The molecule has 0 spiro atoms. The molecule has 8 heteroatoms. The van der Waals surface area contributed by atoms with Crippen molar-refractivity contribution in [3.05, 3.63) is 105 Å². The Balaban J connectivity index is 2.06. The van der Waals surface area contributed by atoms with Crippen molar-refractivity contribution < 1.29 is 19.1 Å². The summed E-state index contributed by atoms with van der Waals surface area (Å²) in [5.41, 5.74) is 0.731. The Labute approximate surface area is 188 Å². The lowest BCUT2D eigenvalue weighted by molar-refractivity contribution is -0.591. The molecular weight excluding hydrogens is 432 g/mol. The van der Waals surface area contributed by atoms with Crippen molar-refractivity contribution in [2.24, 2.45) is 0 Å². The number of ether oxygens (including phenoxy) is 2. The van der Waals surface area contributed by atoms with Crippen LogP contribution in [0.4, 0.5) is 5.69 Å². The van der Waals surface area contributed by atoms with Gasteiger partial charge in [0.05, 0.1) is 12.0 Å². The highest BCUT2D eigenvalue weighted by atomic mass is 35.5. The van der Waals surface area contributed by atoms with Crippen LogP contribution in [-0.2, 0) is 0 Å². The summed E-state index contributed by atoms with van der Waals surface area (Å²) in [5.74, 6) is 0.375. The summed E-state index contributed by atoms with van der Waals surface area (Å²) in [6, 6.07) is 23.8. The third-order valence-corrected chi connectivity index (χ3v) is 5.14. The molecular formula is C24H17ClN2O5. The molecule has 7 nitrogen and oxygen atoms in total. The van der Waals surface area contributed by atoms with Crippen LogP contribution in [0.3, 0.4) is 0 Å². The molecule has 0 amide bonds. The van der Waals surface area contributed by atoms with Crippen molar-refractivity contribution in [1.82, 2.24) is 0 Å². The zero-order valence-electron chi connectivity index (χ0n) is 16.9. The highest BCUT2D eigenvalue weighted by molar-refractivity contribution is 6.30. The third kappa shape index (κ3) is 3.93. The molecule has 0 N–H and O–H groups in total. The SMILES string of the molecule is COc1cccc(Oc2c([N+](=O)[O-])c(-c3ccccc3)c(-c3ccccc3)[n+]([O-])c2Cl)c1. The maximum atomic E-state index is 13.3. The quantitative estimate of drug-likeness (QED) is 0.118. The van der Waals surface area contributed by atoms with Crippen LogP contribution in [0.2, 0.25) is 5.15 Å². The Morgan fingerprint density at radius 2 is 1.47 bits per heavy atom. The van der Waals surface area contributed by atoms with Crippen LogP contribution in [0.25, 0.3) is 22.4 Å². The molecule has 0 saturated carbocycles. The minimum absolute atomic E-state index is 0.0616. The van der Waals surface area contributed by atoms with Gasteiger partial charge in [0, 0.05) is 11.6 Å². The van der Waals surface area contributed by atoms with Gasteiger partial charge in [-0.2, -0.15) is 0 Å². The number of hydrogen-bond acceptors (Lipinski definition) is 5. The third-order valence-electron chi connectivity index (χ3n) is 4.81. The standard InChI is InChI=1S/C24H17ClN2O5/c1-31-18-13-8-14-19(15-18)32-23-22(27(29)30)20(16-9-4-2-5-10-16)21(26(28)24(23)25)17-11-6-3-7-12-17/h2-15H,1H3. The molecule has 0 aliphatic rings. The summed E-state index contributed by atoms with van der Waals surface area (Å²) in [4.78, 5) is 11.7. The number of benzene rings is 3. The molecule has 4 aromatic rings. The lowest BCUT2D eigenvalue weighted by Crippen LogP contribution is -2.32. The summed E-state index contributed by atoms with van der Waals surface area (Å²) in [5, 5.41) is 25.2. The number of pyridine rings is 1. The zero-order chi connectivity index (χ0) is 22.7. The summed E-state index contributed by atoms with van der Waals surface area (Å²) >= 11 is 6.37. The summed E-state index contributed by atoms with van der Waals surface area (Å²) in [6.45, 7) is 0. The molecule has 0 saturated heterocycles. The second-order valence-electron chi connectivity index (χ2n) is 6.76. The topological polar surface area (TPSA) is 88.5 Å². The van der Waals surface area contributed by atoms with Gasteiger partial charge in [-0.25, -0.2) is 0 Å². The van der Waals surface area contributed by atoms with Crippen molar-refractivity contribution in [3.8, 4) is 39.6 Å². The molecule has 0 bridgehead atoms. The van der Waals surface area contributed by atoms with E-state index in [1.54, 1.807) is 84.9 Å². The van der Waals surface area contributed by atoms with Gasteiger partial charge in [-0.1, -0.05) is 54.6 Å². The number of halogens is 1. The van der Waals surface area contributed by atoms with E-state index in [1.807, 2.05) is 0 Å². The van der Waals surface area contributed by atoms with E-state index in [0.29, 0.717) is 21.6 Å². The second-order valence-corrected chi connectivity index (χ2v) is 7.11. The lowest BCUT2D eigenvalue weighted by atomic mass is 9.97. The fourth-order valence-corrected chi connectivity index (χ4v) is 3.61. The molecule has 1 aromatic heterocycles. The van der Waals surface area contributed by atoms with Gasteiger partial charge in [0.25, 0.3) is 5.75 Å². The molecule has 0 aliphatic carbocycles. The first-order valence-corrected chi connectivity index (χ1v) is 9.95. The van der Waals surface area contributed by atoms with Gasteiger partial charge in [-0.05, 0) is 41.4 Å². The van der Waals surface area contributed by atoms with Crippen molar-refractivity contribution >= 4 is 17.3 Å². The monoisotopic (exact) mass is 448 g/mol. The van der Waals surface area contributed by atoms with Crippen LogP contribution in [0.5, 0.6) is 17.2 Å². The zero-order valence-corrected chi connectivity index (χ0v) is 17.7. The van der Waals surface area contributed by atoms with Crippen LogP contribution in [0, 0.1) is 15.3 Å². The minimum Gasteiger partial charge on any atom is -0.617 e.